The van der Waals surface area contributed by atoms with Gasteiger partial charge in [0.15, 0.2) is 5.60 Å². The highest BCUT2D eigenvalue weighted by Crippen LogP contribution is 2.19. The molecular formula is C13H19N3O. The number of terminal acetylenes is 1. The van der Waals surface area contributed by atoms with Crippen LogP contribution in [0.25, 0.3) is 0 Å². The molecule has 1 rings (SSSR count). The zero-order valence-corrected chi connectivity index (χ0v) is 10.9. The van der Waals surface area contributed by atoms with E-state index in [0.29, 0.717) is 5.88 Å². The molecule has 1 N–H and O–H groups in total. The van der Waals surface area contributed by atoms with E-state index in [9.17, 15) is 0 Å². The van der Waals surface area contributed by atoms with Crippen LogP contribution >= 0.6 is 0 Å². The van der Waals surface area contributed by atoms with Gasteiger partial charge >= 0.3 is 0 Å². The summed E-state index contributed by atoms with van der Waals surface area (Å²) in [5, 5.41) is 2.99. The zero-order chi connectivity index (χ0) is 12.9. The monoisotopic (exact) mass is 233 g/mol. The van der Waals surface area contributed by atoms with Crippen molar-refractivity contribution >= 4 is 5.82 Å². The molecule has 1 aromatic heterocycles. The van der Waals surface area contributed by atoms with Crippen molar-refractivity contribution in [3.05, 3.63) is 11.9 Å². The van der Waals surface area contributed by atoms with Gasteiger partial charge in [-0.3, -0.25) is 0 Å². The van der Waals surface area contributed by atoms with E-state index in [2.05, 4.69) is 28.1 Å². The lowest BCUT2D eigenvalue weighted by molar-refractivity contribution is 0.164. The summed E-state index contributed by atoms with van der Waals surface area (Å²) >= 11 is 0. The number of aryl methyl sites for hydroxylation is 1. The van der Waals surface area contributed by atoms with Gasteiger partial charge in [0.05, 0.1) is 0 Å². The number of rotatable bonds is 5. The predicted octanol–water partition coefficient (Wildman–Crippen LogP) is 2.26. The Kier molecular flexibility index (Phi) is 4.33. The number of hydrogen-bond acceptors (Lipinski definition) is 4. The number of hydrogen-bond donors (Lipinski definition) is 1. The molecular weight excluding hydrogens is 214 g/mol. The third-order valence-corrected chi connectivity index (χ3v) is 2.19. The largest absolute Gasteiger partial charge is 0.458 e. The maximum atomic E-state index is 5.65. The molecule has 92 valence electrons. The van der Waals surface area contributed by atoms with E-state index in [1.165, 1.54) is 0 Å². The molecule has 0 fully saturated rings. The molecule has 0 amide bonds. The third-order valence-electron chi connectivity index (χ3n) is 2.19. The first-order chi connectivity index (χ1) is 8.00. The smallest absolute Gasteiger partial charge is 0.220 e. The summed E-state index contributed by atoms with van der Waals surface area (Å²) in [5.74, 6) is 4.59. The summed E-state index contributed by atoms with van der Waals surface area (Å²) in [6.07, 6.45) is 7.20. The van der Waals surface area contributed by atoms with Gasteiger partial charge in [0.1, 0.15) is 11.6 Å². The Morgan fingerprint density at radius 3 is 2.71 bits per heavy atom. The summed E-state index contributed by atoms with van der Waals surface area (Å²) in [6, 6.07) is 1.75. The van der Waals surface area contributed by atoms with E-state index in [4.69, 9.17) is 11.2 Å². The van der Waals surface area contributed by atoms with Gasteiger partial charge < -0.3 is 10.1 Å². The Balaban J connectivity index is 2.99. The van der Waals surface area contributed by atoms with Crippen molar-refractivity contribution in [1.29, 1.82) is 0 Å². The molecule has 4 heteroatoms. The van der Waals surface area contributed by atoms with E-state index >= 15 is 0 Å². The molecule has 1 heterocycles. The molecule has 0 aromatic carbocycles. The first-order valence-electron chi connectivity index (χ1n) is 5.73. The summed E-state index contributed by atoms with van der Waals surface area (Å²) in [4.78, 5) is 8.68. The molecule has 0 radical (unpaired) electrons. The van der Waals surface area contributed by atoms with E-state index in [0.717, 1.165) is 24.5 Å². The van der Waals surface area contributed by atoms with Gasteiger partial charge in [0.2, 0.25) is 5.88 Å². The minimum Gasteiger partial charge on any atom is -0.458 e. The topological polar surface area (TPSA) is 47.0 Å². The molecule has 0 unspecified atom stereocenters. The fourth-order valence-corrected chi connectivity index (χ4v) is 1.28. The predicted molar refractivity (Wildman–Crippen MR) is 69.1 cm³/mol. The van der Waals surface area contributed by atoms with Crippen LogP contribution in [0, 0.1) is 12.3 Å². The Hall–Kier alpha value is -1.76. The second-order valence-electron chi connectivity index (χ2n) is 4.26. The fraction of sp³-hybridized carbons (Fsp3) is 0.538. The van der Waals surface area contributed by atoms with Gasteiger partial charge in [-0.15, -0.1) is 6.42 Å². The first kappa shape index (κ1) is 13.3. The Labute approximate surface area is 103 Å². The lowest BCUT2D eigenvalue weighted by atomic mass is 10.1. The second kappa shape index (κ2) is 5.53. The quantitative estimate of drug-likeness (QED) is 0.792. The van der Waals surface area contributed by atoms with Crippen molar-refractivity contribution in [2.24, 2.45) is 0 Å². The molecule has 0 saturated carbocycles. The summed E-state index contributed by atoms with van der Waals surface area (Å²) in [7, 11) is 1.81. The van der Waals surface area contributed by atoms with Crippen LogP contribution in [0.1, 0.15) is 33.0 Å². The molecule has 0 aliphatic rings. The number of nitrogens with one attached hydrogen (secondary N) is 1. The van der Waals surface area contributed by atoms with Crippen molar-refractivity contribution in [1.82, 2.24) is 9.97 Å². The van der Waals surface area contributed by atoms with Gasteiger partial charge in [0.25, 0.3) is 0 Å². The number of anilines is 1. The van der Waals surface area contributed by atoms with Crippen molar-refractivity contribution in [2.45, 2.75) is 39.2 Å². The van der Waals surface area contributed by atoms with Crippen LogP contribution in [0.4, 0.5) is 5.82 Å². The van der Waals surface area contributed by atoms with Crippen LogP contribution in [0.5, 0.6) is 5.88 Å². The minimum absolute atomic E-state index is 0.510. The molecule has 4 nitrogen and oxygen atoms in total. The maximum Gasteiger partial charge on any atom is 0.220 e. The Morgan fingerprint density at radius 1 is 1.47 bits per heavy atom. The third kappa shape index (κ3) is 3.95. The van der Waals surface area contributed by atoms with Crippen molar-refractivity contribution in [3.63, 3.8) is 0 Å². The summed E-state index contributed by atoms with van der Waals surface area (Å²) < 4.78 is 5.65. The summed E-state index contributed by atoms with van der Waals surface area (Å²) in [5.41, 5.74) is -0.664. The molecule has 0 bridgehead atoms. The molecule has 0 aliphatic carbocycles. The first-order valence-corrected chi connectivity index (χ1v) is 5.73. The number of aromatic nitrogens is 2. The van der Waals surface area contributed by atoms with Crippen LogP contribution in [0.2, 0.25) is 0 Å². The van der Waals surface area contributed by atoms with Crippen molar-refractivity contribution in [2.75, 3.05) is 12.4 Å². The number of nitrogens with zero attached hydrogens (tertiary/aromatic N) is 2. The Bertz CT molecular complexity index is 421. The van der Waals surface area contributed by atoms with Gasteiger partial charge in [-0.2, -0.15) is 4.98 Å². The van der Waals surface area contributed by atoms with Gasteiger partial charge in [-0.1, -0.05) is 12.8 Å². The molecule has 0 aliphatic heterocycles. The van der Waals surface area contributed by atoms with Gasteiger partial charge in [-0.05, 0) is 20.3 Å². The van der Waals surface area contributed by atoms with Crippen molar-refractivity contribution in [3.8, 4) is 18.2 Å². The average Bonchev–Trinajstić information content (AvgIpc) is 2.28. The highest BCUT2D eigenvalue weighted by molar-refractivity contribution is 5.38. The van der Waals surface area contributed by atoms with Crippen LogP contribution in [0.3, 0.4) is 0 Å². The second-order valence-corrected chi connectivity index (χ2v) is 4.26. The van der Waals surface area contributed by atoms with Gasteiger partial charge in [-0.25, -0.2) is 4.98 Å². The fourth-order valence-electron chi connectivity index (χ4n) is 1.28. The standard InChI is InChI=1S/C13H19N3O/c1-6-8-10-15-11(14-5)9-12(16-10)17-13(3,4)7-2/h2,9H,6,8H2,1,3-5H3,(H,14,15,16). The lowest BCUT2D eigenvalue weighted by Gasteiger charge is -2.19. The Morgan fingerprint density at radius 2 is 2.18 bits per heavy atom. The zero-order valence-electron chi connectivity index (χ0n) is 10.9. The van der Waals surface area contributed by atoms with E-state index in [1.54, 1.807) is 6.07 Å². The minimum atomic E-state index is -0.664. The van der Waals surface area contributed by atoms with E-state index < -0.39 is 5.60 Å². The molecule has 0 saturated heterocycles. The van der Waals surface area contributed by atoms with E-state index in [1.807, 2.05) is 20.9 Å². The van der Waals surface area contributed by atoms with Gasteiger partial charge in [0, 0.05) is 19.5 Å². The normalized spacial score (nSPS) is 10.8. The van der Waals surface area contributed by atoms with Crippen LogP contribution in [0.15, 0.2) is 6.07 Å². The lowest BCUT2D eigenvalue weighted by Crippen LogP contribution is -2.26. The SMILES string of the molecule is C#CC(C)(C)Oc1cc(NC)nc(CCC)n1. The maximum absolute atomic E-state index is 5.65. The molecule has 0 atom stereocenters. The number of ether oxygens (including phenoxy) is 1. The molecule has 0 spiro atoms. The highest BCUT2D eigenvalue weighted by atomic mass is 16.5. The van der Waals surface area contributed by atoms with E-state index in [-0.39, 0.29) is 0 Å². The van der Waals surface area contributed by atoms with Crippen LogP contribution in [-0.4, -0.2) is 22.6 Å². The van der Waals surface area contributed by atoms with Crippen LogP contribution < -0.4 is 10.1 Å². The highest BCUT2D eigenvalue weighted by Gasteiger charge is 2.17. The average molecular weight is 233 g/mol. The van der Waals surface area contributed by atoms with Crippen LogP contribution in [-0.2, 0) is 6.42 Å². The van der Waals surface area contributed by atoms with Crippen molar-refractivity contribution < 1.29 is 4.74 Å². The summed E-state index contributed by atoms with van der Waals surface area (Å²) in [6.45, 7) is 5.74. The molecule has 17 heavy (non-hydrogen) atoms. The molecule has 1 aromatic rings.